The fourth-order valence-corrected chi connectivity index (χ4v) is 3.46. The highest BCUT2D eigenvalue weighted by molar-refractivity contribution is 7.92. The van der Waals surface area contributed by atoms with Crippen molar-refractivity contribution in [3.05, 3.63) is 59.9 Å². The molecule has 146 valence electrons. The molecule has 0 saturated carbocycles. The molecular weight excluding hydrogens is 371 g/mol. The van der Waals surface area contributed by atoms with Crippen molar-refractivity contribution in [2.24, 2.45) is 0 Å². The van der Waals surface area contributed by atoms with Gasteiger partial charge in [-0.3, -0.25) is 9.10 Å². The van der Waals surface area contributed by atoms with Gasteiger partial charge in [0, 0.05) is 6.54 Å². The van der Waals surface area contributed by atoms with Gasteiger partial charge in [0.1, 0.15) is 11.6 Å². The molecule has 0 fully saturated rings. The molecule has 0 heterocycles. The van der Waals surface area contributed by atoms with Crippen molar-refractivity contribution in [2.45, 2.75) is 13.3 Å². The maximum Gasteiger partial charge on any atom is 0.232 e. The van der Waals surface area contributed by atoms with E-state index in [-0.39, 0.29) is 25.4 Å². The van der Waals surface area contributed by atoms with Crippen LogP contribution in [0.2, 0.25) is 0 Å². The summed E-state index contributed by atoms with van der Waals surface area (Å²) in [4.78, 5) is 12.0. The molecule has 1 amide bonds. The normalized spacial score (nSPS) is 11.1. The van der Waals surface area contributed by atoms with Gasteiger partial charge in [-0.05, 0) is 42.8 Å². The molecule has 0 unspecified atom stereocenters. The molecule has 0 spiro atoms. The number of nitrogens with zero attached hydrogens (tertiary/aromatic N) is 1. The monoisotopic (exact) mass is 394 g/mol. The van der Waals surface area contributed by atoms with Crippen molar-refractivity contribution >= 4 is 21.6 Å². The van der Waals surface area contributed by atoms with E-state index in [1.165, 1.54) is 16.4 Å². The zero-order valence-electron chi connectivity index (χ0n) is 15.3. The Morgan fingerprint density at radius 3 is 2.41 bits per heavy atom. The SMILES string of the molecule is CCOc1ccc(N(CCNC(=O)Cc2ccccc2F)S(C)(=O)=O)cc1. The van der Waals surface area contributed by atoms with E-state index >= 15 is 0 Å². The van der Waals surface area contributed by atoms with Crippen LogP contribution in [-0.2, 0) is 21.2 Å². The van der Waals surface area contributed by atoms with Crippen molar-refractivity contribution in [3.8, 4) is 5.75 Å². The molecular formula is C19H23FN2O4S. The Labute approximate surface area is 159 Å². The summed E-state index contributed by atoms with van der Waals surface area (Å²) >= 11 is 0. The average Bonchev–Trinajstić information content (AvgIpc) is 2.61. The number of hydrogen-bond donors (Lipinski definition) is 1. The molecule has 0 atom stereocenters. The first-order valence-electron chi connectivity index (χ1n) is 8.52. The van der Waals surface area contributed by atoms with Crippen LogP contribution >= 0.6 is 0 Å². The molecule has 8 heteroatoms. The van der Waals surface area contributed by atoms with Crippen molar-refractivity contribution < 1.29 is 22.3 Å². The number of sulfonamides is 1. The molecule has 0 radical (unpaired) electrons. The molecule has 0 aliphatic carbocycles. The third kappa shape index (κ3) is 6.25. The molecule has 0 aliphatic heterocycles. The van der Waals surface area contributed by atoms with E-state index in [9.17, 15) is 17.6 Å². The first-order chi connectivity index (χ1) is 12.8. The van der Waals surface area contributed by atoms with Crippen molar-refractivity contribution in [2.75, 3.05) is 30.3 Å². The largest absolute Gasteiger partial charge is 0.494 e. The molecule has 2 aromatic rings. The molecule has 6 nitrogen and oxygen atoms in total. The summed E-state index contributed by atoms with van der Waals surface area (Å²) in [5.74, 6) is -0.173. The third-order valence-electron chi connectivity index (χ3n) is 3.78. The average molecular weight is 394 g/mol. The van der Waals surface area contributed by atoms with E-state index in [0.29, 0.717) is 23.6 Å². The molecule has 0 aromatic heterocycles. The molecule has 1 N–H and O–H groups in total. The van der Waals surface area contributed by atoms with Crippen LogP contribution in [0, 0.1) is 5.82 Å². The highest BCUT2D eigenvalue weighted by Gasteiger charge is 2.17. The van der Waals surface area contributed by atoms with E-state index in [4.69, 9.17) is 4.74 Å². The van der Waals surface area contributed by atoms with Crippen LogP contribution in [0.25, 0.3) is 0 Å². The summed E-state index contributed by atoms with van der Waals surface area (Å²) in [5.41, 5.74) is 0.769. The third-order valence-corrected chi connectivity index (χ3v) is 4.98. The molecule has 0 bridgehead atoms. The summed E-state index contributed by atoms with van der Waals surface area (Å²) in [6, 6.07) is 12.7. The minimum atomic E-state index is -3.53. The second-order valence-electron chi connectivity index (χ2n) is 5.88. The van der Waals surface area contributed by atoms with Gasteiger partial charge in [0.25, 0.3) is 0 Å². The summed E-state index contributed by atoms with van der Waals surface area (Å²) in [6.07, 6.45) is 0.999. The van der Waals surface area contributed by atoms with Crippen LogP contribution < -0.4 is 14.4 Å². The number of halogens is 1. The van der Waals surface area contributed by atoms with Gasteiger partial charge in [0.15, 0.2) is 0 Å². The second-order valence-corrected chi connectivity index (χ2v) is 7.79. The fourth-order valence-electron chi connectivity index (χ4n) is 2.54. The number of carbonyl (C=O) groups is 1. The predicted octanol–water partition coefficient (Wildman–Crippen LogP) is 2.35. The lowest BCUT2D eigenvalue weighted by Crippen LogP contribution is -2.38. The minimum Gasteiger partial charge on any atom is -0.494 e. The Bertz CT molecular complexity index is 870. The van der Waals surface area contributed by atoms with Gasteiger partial charge in [-0.15, -0.1) is 0 Å². The Morgan fingerprint density at radius 2 is 1.81 bits per heavy atom. The molecule has 2 aromatic carbocycles. The number of ether oxygens (including phenoxy) is 1. The van der Waals surface area contributed by atoms with Crippen LogP contribution in [0.5, 0.6) is 5.75 Å². The summed E-state index contributed by atoms with van der Waals surface area (Å²) < 4.78 is 44.3. The smallest absolute Gasteiger partial charge is 0.232 e. The van der Waals surface area contributed by atoms with E-state index < -0.39 is 15.8 Å². The fraction of sp³-hybridized carbons (Fsp3) is 0.316. The van der Waals surface area contributed by atoms with E-state index in [2.05, 4.69) is 5.32 Å². The van der Waals surface area contributed by atoms with Gasteiger partial charge in [0.2, 0.25) is 15.9 Å². The van der Waals surface area contributed by atoms with E-state index in [1.807, 2.05) is 6.92 Å². The second kappa shape index (κ2) is 9.36. The maximum atomic E-state index is 13.6. The summed E-state index contributed by atoms with van der Waals surface area (Å²) in [6.45, 7) is 2.55. The van der Waals surface area contributed by atoms with Crippen LogP contribution in [0.3, 0.4) is 0 Å². The Hall–Kier alpha value is -2.61. The number of benzene rings is 2. The van der Waals surface area contributed by atoms with Gasteiger partial charge in [0.05, 0.1) is 31.5 Å². The van der Waals surface area contributed by atoms with E-state index in [0.717, 1.165) is 6.26 Å². The van der Waals surface area contributed by atoms with Gasteiger partial charge in [-0.2, -0.15) is 0 Å². The summed E-state index contributed by atoms with van der Waals surface area (Å²) in [7, 11) is -3.53. The van der Waals surface area contributed by atoms with Crippen molar-refractivity contribution in [3.63, 3.8) is 0 Å². The molecule has 2 rings (SSSR count). The first-order valence-corrected chi connectivity index (χ1v) is 10.4. The van der Waals surface area contributed by atoms with Crippen LogP contribution in [0.1, 0.15) is 12.5 Å². The number of amides is 1. The van der Waals surface area contributed by atoms with E-state index in [1.54, 1.807) is 36.4 Å². The predicted molar refractivity (Wildman–Crippen MR) is 103 cm³/mol. The highest BCUT2D eigenvalue weighted by atomic mass is 32.2. The lowest BCUT2D eigenvalue weighted by atomic mass is 10.1. The first kappa shape index (κ1) is 20.7. The standard InChI is InChI=1S/C19H23FN2O4S/c1-3-26-17-10-8-16(9-11-17)22(27(2,24)25)13-12-21-19(23)14-15-6-4-5-7-18(15)20/h4-11H,3,12-14H2,1-2H3,(H,21,23). The van der Waals surface area contributed by atoms with Gasteiger partial charge in [-0.25, -0.2) is 12.8 Å². The van der Waals surface area contributed by atoms with Crippen molar-refractivity contribution in [1.29, 1.82) is 0 Å². The molecule has 27 heavy (non-hydrogen) atoms. The maximum absolute atomic E-state index is 13.6. The van der Waals surface area contributed by atoms with Gasteiger partial charge in [-0.1, -0.05) is 18.2 Å². The Morgan fingerprint density at radius 1 is 1.15 bits per heavy atom. The zero-order chi connectivity index (χ0) is 19.9. The Balaban J connectivity index is 1.97. The number of anilines is 1. The molecule has 0 aliphatic rings. The number of nitrogens with one attached hydrogen (secondary N) is 1. The number of hydrogen-bond acceptors (Lipinski definition) is 4. The number of carbonyl (C=O) groups excluding carboxylic acids is 1. The lowest BCUT2D eigenvalue weighted by molar-refractivity contribution is -0.120. The minimum absolute atomic E-state index is 0.0653. The Kier molecular flexibility index (Phi) is 7.18. The quantitative estimate of drug-likeness (QED) is 0.708. The van der Waals surface area contributed by atoms with Crippen molar-refractivity contribution in [1.82, 2.24) is 5.32 Å². The van der Waals surface area contributed by atoms with Crippen LogP contribution in [0.4, 0.5) is 10.1 Å². The summed E-state index contributed by atoms with van der Waals surface area (Å²) in [5, 5.41) is 2.63. The zero-order valence-corrected chi connectivity index (χ0v) is 16.1. The topological polar surface area (TPSA) is 75.7 Å². The molecule has 0 saturated heterocycles. The number of rotatable bonds is 9. The highest BCUT2D eigenvalue weighted by Crippen LogP contribution is 2.21. The van der Waals surface area contributed by atoms with Gasteiger partial charge < -0.3 is 10.1 Å². The lowest BCUT2D eigenvalue weighted by Gasteiger charge is -2.22. The van der Waals surface area contributed by atoms with Gasteiger partial charge >= 0.3 is 0 Å². The van der Waals surface area contributed by atoms with Crippen LogP contribution in [-0.4, -0.2) is 40.3 Å². The van der Waals surface area contributed by atoms with Crippen LogP contribution in [0.15, 0.2) is 48.5 Å².